The van der Waals surface area contributed by atoms with Crippen molar-refractivity contribution in [1.82, 2.24) is 21.3 Å². The number of hydrogen-bond donors (Lipinski definition) is 7. The van der Waals surface area contributed by atoms with Gasteiger partial charge >= 0.3 is 5.97 Å². The highest BCUT2D eigenvalue weighted by atomic mass is 32.1. The Morgan fingerprint density at radius 3 is 1.86 bits per heavy atom. The van der Waals surface area contributed by atoms with Crippen molar-refractivity contribution in [2.45, 2.75) is 102 Å². The lowest BCUT2D eigenvalue weighted by Crippen LogP contribution is -2.57. The summed E-state index contributed by atoms with van der Waals surface area (Å²) in [6.45, 7) is 4.20. The Labute approximate surface area is 220 Å². The fourth-order valence-corrected chi connectivity index (χ4v) is 4.48. The molecule has 0 unspecified atom stereocenters. The Balaban J connectivity index is 2.92. The molecule has 1 heterocycles. The fourth-order valence-electron chi connectivity index (χ4n) is 4.03. The molecule has 0 radical (unpaired) electrons. The van der Waals surface area contributed by atoms with Crippen molar-refractivity contribution in [3.8, 4) is 0 Å². The molecule has 35 heavy (non-hydrogen) atoms. The van der Waals surface area contributed by atoms with E-state index in [1.807, 2.05) is 0 Å². The molecule has 5 N–H and O–H groups in total. The summed E-state index contributed by atoms with van der Waals surface area (Å²) in [5, 5.41) is 20.8. The van der Waals surface area contributed by atoms with Crippen LogP contribution < -0.4 is 21.3 Å². The Morgan fingerprint density at radius 1 is 0.857 bits per heavy atom. The van der Waals surface area contributed by atoms with Gasteiger partial charge in [-0.05, 0) is 62.5 Å². The zero-order chi connectivity index (χ0) is 26.2. The quantitative estimate of drug-likeness (QED) is 0.106. The van der Waals surface area contributed by atoms with Gasteiger partial charge in [-0.2, -0.15) is 25.3 Å². The second-order valence-corrected chi connectivity index (χ2v) is 10.4. The van der Waals surface area contributed by atoms with Crippen molar-refractivity contribution in [1.29, 1.82) is 0 Å². The Bertz CT molecular complexity index is 674. The molecule has 0 saturated carbocycles. The van der Waals surface area contributed by atoms with Crippen LogP contribution in [0.1, 0.15) is 78.1 Å². The van der Waals surface area contributed by atoms with Gasteiger partial charge in [-0.25, -0.2) is 4.79 Å². The highest BCUT2D eigenvalue weighted by Crippen LogP contribution is 2.11. The topological polar surface area (TPSA) is 137 Å². The van der Waals surface area contributed by atoms with E-state index in [2.05, 4.69) is 46.5 Å². The number of carbonyl (C=O) groups excluding carboxylic acids is 3. The molecule has 0 aliphatic carbocycles. The number of carbonyl (C=O) groups is 4. The first-order valence-corrected chi connectivity index (χ1v) is 14.1. The molecule has 0 aromatic heterocycles. The van der Waals surface area contributed by atoms with Crippen molar-refractivity contribution in [2.24, 2.45) is 5.92 Å². The van der Waals surface area contributed by atoms with Gasteiger partial charge in [0.05, 0.1) is 6.04 Å². The first kappa shape index (κ1) is 31.6. The molecule has 1 saturated heterocycles. The molecule has 0 aromatic carbocycles. The lowest BCUT2D eigenvalue weighted by molar-refractivity contribution is -0.143. The van der Waals surface area contributed by atoms with Gasteiger partial charge in [0.15, 0.2) is 0 Å². The number of carboxylic acids is 1. The van der Waals surface area contributed by atoms with Gasteiger partial charge in [0.1, 0.15) is 18.1 Å². The third kappa shape index (κ3) is 12.4. The second-order valence-electron chi connectivity index (χ2n) is 9.49. The molecule has 1 aliphatic rings. The van der Waals surface area contributed by atoms with Crippen LogP contribution >= 0.6 is 25.3 Å². The van der Waals surface area contributed by atoms with Gasteiger partial charge in [-0.15, -0.1) is 0 Å². The fraction of sp³-hybridized carbons (Fsp3) is 0.833. The van der Waals surface area contributed by atoms with Gasteiger partial charge in [-0.3, -0.25) is 14.4 Å². The first-order valence-electron chi connectivity index (χ1n) is 12.8. The van der Waals surface area contributed by atoms with Gasteiger partial charge in [0.2, 0.25) is 17.7 Å². The minimum atomic E-state index is -1.12. The summed E-state index contributed by atoms with van der Waals surface area (Å²) in [4.78, 5) is 50.5. The molecule has 1 rings (SSSR count). The average molecular weight is 533 g/mol. The van der Waals surface area contributed by atoms with E-state index < -0.39 is 35.9 Å². The number of nitrogens with one attached hydrogen (secondary N) is 4. The van der Waals surface area contributed by atoms with Gasteiger partial charge in [-0.1, -0.05) is 39.5 Å². The SMILES string of the molecule is CC(C)[C@H](NC(=O)[C@H](CCCCCS)NC(=O)[C@H](CCCCCS)NC(=O)[C@@H]1CCCN1)C(=O)O. The molecule has 0 spiro atoms. The van der Waals surface area contributed by atoms with E-state index in [9.17, 15) is 24.3 Å². The van der Waals surface area contributed by atoms with Gasteiger partial charge in [0.25, 0.3) is 0 Å². The third-order valence-electron chi connectivity index (χ3n) is 6.18. The van der Waals surface area contributed by atoms with E-state index in [-0.39, 0.29) is 17.9 Å². The van der Waals surface area contributed by atoms with Crippen LogP contribution in [0.15, 0.2) is 0 Å². The summed E-state index contributed by atoms with van der Waals surface area (Å²) < 4.78 is 0. The smallest absolute Gasteiger partial charge is 0.326 e. The molecule has 0 bridgehead atoms. The number of amides is 3. The van der Waals surface area contributed by atoms with Crippen molar-refractivity contribution in [2.75, 3.05) is 18.1 Å². The molecule has 4 atom stereocenters. The molecule has 202 valence electrons. The van der Waals surface area contributed by atoms with E-state index in [0.717, 1.165) is 63.0 Å². The zero-order valence-corrected chi connectivity index (χ0v) is 22.8. The van der Waals surface area contributed by atoms with Crippen LogP contribution in [0, 0.1) is 5.92 Å². The maximum Gasteiger partial charge on any atom is 0.326 e. The summed E-state index contributed by atoms with van der Waals surface area (Å²) >= 11 is 8.43. The van der Waals surface area contributed by atoms with Crippen molar-refractivity contribution in [3.63, 3.8) is 0 Å². The number of hydrogen-bond acceptors (Lipinski definition) is 7. The lowest BCUT2D eigenvalue weighted by Gasteiger charge is -2.26. The molecule has 0 aromatic rings. The van der Waals surface area contributed by atoms with Crippen LogP contribution in [0.5, 0.6) is 0 Å². The third-order valence-corrected chi connectivity index (χ3v) is 6.81. The van der Waals surface area contributed by atoms with Gasteiger partial charge < -0.3 is 26.4 Å². The summed E-state index contributed by atoms with van der Waals surface area (Å²) in [5.41, 5.74) is 0. The normalized spacial score (nSPS) is 18.0. The number of carboxylic acid groups (broad SMARTS) is 1. The summed E-state index contributed by atoms with van der Waals surface area (Å²) in [6, 6.07) is -3.02. The van der Waals surface area contributed by atoms with Crippen LogP contribution in [0.2, 0.25) is 0 Å². The molecule has 1 fully saturated rings. The largest absolute Gasteiger partial charge is 0.480 e. The monoisotopic (exact) mass is 532 g/mol. The minimum absolute atomic E-state index is 0.211. The van der Waals surface area contributed by atoms with E-state index in [0.29, 0.717) is 19.3 Å². The van der Waals surface area contributed by atoms with Gasteiger partial charge in [0, 0.05) is 0 Å². The van der Waals surface area contributed by atoms with Crippen LogP contribution in [-0.4, -0.2) is 71.0 Å². The summed E-state index contributed by atoms with van der Waals surface area (Å²) in [6.07, 6.45) is 7.41. The minimum Gasteiger partial charge on any atom is -0.480 e. The van der Waals surface area contributed by atoms with Crippen LogP contribution in [0.4, 0.5) is 0 Å². The van der Waals surface area contributed by atoms with Crippen molar-refractivity contribution in [3.05, 3.63) is 0 Å². The van der Waals surface area contributed by atoms with Crippen molar-refractivity contribution < 1.29 is 24.3 Å². The molecule has 11 heteroatoms. The average Bonchev–Trinajstić information content (AvgIpc) is 3.35. The lowest BCUT2D eigenvalue weighted by atomic mass is 10.0. The Hall–Kier alpha value is -1.46. The highest BCUT2D eigenvalue weighted by molar-refractivity contribution is 7.80. The summed E-state index contributed by atoms with van der Waals surface area (Å²) in [7, 11) is 0. The maximum absolute atomic E-state index is 13.2. The molecule has 3 amide bonds. The van der Waals surface area contributed by atoms with Crippen molar-refractivity contribution >= 4 is 48.9 Å². The number of unbranched alkanes of at least 4 members (excludes halogenated alkanes) is 4. The molecule has 9 nitrogen and oxygen atoms in total. The Kier molecular flexibility index (Phi) is 16.1. The zero-order valence-electron chi connectivity index (χ0n) is 21.1. The number of rotatable bonds is 18. The number of aliphatic carboxylic acids is 1. The van der Waals surface area contributed by atoms with E-state index >= 15 is 0 Å². The Morgan fingerprint density at radius 2 is 1.40 bits per heavy atom. The predicted molar refractivity (Wildman–Crippen MR) is 144 cm³/mol. The molecule has 1 aliphatic heterocycles. The number of thiol groups is 2. The van der Waals surface area contributed by atoms with Crippen LogP contribution in [0.25, 0.3) is 0 Å². The van der Waals surface area contributed by atoms with E-state index in [4.69, 9.17) is 0 Å². The summed E-state index contributed by atoms with van der Waals surface area (Å²) in [5.74, 6) is -1.10. The second kappa shape index (κ2) is 17.9. The molecular formula is C24H44N4O5S2. The van der Waals surface area contributed by atoms with Crippen LogP contribution in [-0.2, 0) is 19.2 Å². The van der Waals surface area contributed by atoms with E-state index in [1.165, 1.54) is 0 Å². The first-order chi connectivity index (χ1) is 16.7. The molecular weight excluding hydrogens is 488 g/mol. The maximum atomic E-state index is 13.2. The standard InChI is InChI=1S/C24H44N4O5S2/c1-16(2)20(24(32)33)28-23(31)19(11-6-4-8-15-35)27-22(30)18(10-5-3-7-14-34)26-21(29)17-12-9-13-25-17/h16-20,25,34-35H,3-15H2,1-2H3,(H,26,29)(H,27,30)(H,28,31)(H,32,33)/t17-,18-,19-,20-/m0/s1. The van der Waals surface area contributed by atoms with Crippen LogP contribution in [0.3, 0.4) is 0 Å². The predicted octanol–water partition coefficient (Wildman–Crippen LogP) is 1.91. The highest BCUT2D eigenvalue weighted by Gasteiger charge is 2.31. The van der Waals surface area contributed by atoms with E-state index in [1.54, 1.807) is 13.8 Å².